The van der Waals surface area contributed by atoms with Crippen LogP contribution in [0.4, 0.5) is 0 Å². The second-order valence-electron chi connectivity index (χ2n) is 6.02. The highest BCUT2D eigenvalue weighted by Crippen LogP contribution is 2.03. The molecule has 0 spiro atoms. The van der Waals surface area contributed by atoms with Crippen LogP contribution in [0, 0.1) is 0 Å². The maximum atomic E-state index is 11.7. The summed E-state index contributed by atoms with van der Waals surface area (Å²) < 4.78 is 0. The Balaban J connectivity index is 3.87. The average molecular weight is 360 g/mol. The molecular weight excluding hydrogens is 328 g/mol. The van der Waals surface area contributed by atoms with E-state index < -0.39 is 12.0 Å². The molecule has 0 aliphatic heterocycles. The van der Waals surface area contributed by atoms with Gasteiger partial charge in [-0.2, -0.15) is 0 Å². The molecule has 25 heavy (non-hydrogen) atoms. The first-order chi connectivity index (χ1) is 12.0. The summed E-state index contributed by atoms with van der Waals surface area (Å²) in [4.78, 5) is 34.5. The maximum Gasteiger partial charge on any atom is 0.326 e. The summed E-state index contributed by atoms with van der Waals surface area (Å²) in [5.41, 5.74) is 0. The molecule has 0 aromatic rings. The maximum absolute atomic E-state index is 11.7. The van der Waals surface area contributed by atoms with Crippen molar-refractivity contribution < 1.29 is 29.7 Å². The molecule has 0 fully saturated rings. The number of rotatable bonds is 16. The number of hydrogen-bond acceptors (Lipinski definition) is 5. The fraction of sp³-hybridized carbons (Fsp3) is 0.824. The molecule has 0 rings (SSSR count). The predicted molar refractivity (Wildman–Crippen MR) is 92.9 cm³/mol. The van der Waals surface area contributed by atoms with Gasteiger partial charge in [-0.3, -0.25) is 9.59 Å². The lowest BCUT2D eigenvalue weighted by Gasteiger charge is -2.14. The van der Waals surface area contributed by atoms with E-state index >= 15 is 0 Å². The van der Waals surface area contributed by atoms with Gasteiger partial charge in [0.1, 0.15) is 6.04 Å². The van der Waals surface area contributed by atoms with Crippen LogP contribution in [0.25, 0.3) is 0 Å². The van der Waals surface area contributed by atoms with E-state index in [0.29, 0.717) is 38.6 Å². The number of amides is 2. The molecule has 0 aromatic carbocycles. The second kappa shape index (κ2) is 15.8. The summed E-state index contributed by atoms with van der Waals surface area (Å²) in [6, 6.07) is -0.952. The van der Waals surface area contributed by atoms with E-state index in [4.69, 9.17) is 15.3 Å². The quantitative estimate of drug-likeness (QED) is 0.255. The van der Waals surface area contributed by atoms with Crippen molar-refractivity contribution in [2.45, 2.75) is 70.3 Å². The van der Waals surface area contributed by atoms with Gasteiger partial charge in [0, 0.05) is 32.6 Å². The molecule has 0 aliphatic rings. The Labute approximate surface area is 149 Å². The van der Waals surface area contributed by atoms with Gasteiger partial charge < -0.3 is 26.0 Å². The van der Waals surface area contributed by atoms with Gasteiger partial charge in [-0.15, -0.1) is 0 Å². The van der Waals surface area contributed by atoms with Crippen LogP contribution in [0.3, 0.4) is 0 Å². The van der Waals surface area contributed by atoms with Gasteiger partial charge in [0.2, 0.25) is 11.8 Å². The van der Waals surface area contributed by atoms with E-state index in [2.05, 4.69) is 10.6 Å². The first kappa shape index (κ1) is 23.3. The smallest absolute Gasteiger partial charge is 0.326 e. The molecule has 2 amide bonds. The minimum absolute atomic E-state index is 0.0854. The first-order valence-electron chi connectivity index (χ1n) is 9.01. The van der Waals surface area contributed by atoms with Crippen LogP contribution in [-0.4, -0.2) is 58.9 Å². The summed E-state index contributed by atoms with van der Waals surface area (Å²) >= 11 is 0. The normalized spacial score (nSPS) is 11.8. The van der Waals surface area contributed by atoms with Crippen molar-refractivity contribution >= 4 is 17.8 Å². The van der Waals surface area contributed by atoms with Crippen molar-refractivity contribution in [3.05, 3.63) is 0 Å². The largest absolute Gasteiger partial charge is 0.480 e. The van der Waals surface area contributed by atoms with Crippen molar-refractivity contribution in [2.24, 2.45) is 0 Å². The molecule has 0 bridgehead atoms. The molecule has 0 aromatic heterocycles. The van der Waals surface area contributed by atoms with Gasteiger partial charge in [0.15, 0.2) is 0 Å². The van der Waals surface area contributed by atoms with Crippen LogP contribution >= 0.6 is 0 Å². The third-order valence-corrected chi connectivity index (χ3v) is 3.75. The Morgan fingerprint density at radius 1 is 0.760 bits per heavy atom. The molecule has 1 atom stereocenters. The molecule has 146 valence electrons. The van der Waals surface area contributed by atoms with E-state index in [1.54, 1.807) is 0 Å². The Bertz CT molecular complexity index is 389. The summed E-state index contributed by atoms with van der Waals surface area (Å²) in [5, 5.41) is 31.7. The van der Waals surface area contributed by atoms with Gasteiger partial charge in [0.25, 0.3) is 0 Å². The molecule has 8 nitrogen and oxygen atoms in total. The minimum atomic E-state index is -1.08. The van der Waals surface area contributed by atoms with Gasteiger partial charge in [-0.05, 0) is 38.5 Å². The number of unbranched alkanes of at least 4 members (excludes halogenated alkanes) is 4. The molecule has 0 heterocycles. The van der Waals surface area contributed by atoms with Crippen LogP contribution in [0.2, 0.25) is 0 Å². The van der Waals surface area contributed by atoms with Crippen LogP contribution in [0.5, 0.6) is 0 Å². The highest BCUT2D eigenvalue weighted by Gasteiger charge is 2.19. The molecule has 5 N–H and O–H groups in total. The zero-order valence-corrected chi connectivity index (χ0v) is 14.8. The Hall–Kier alpha value is -1.67. The number of hydrogen-bond donors (Lipinski definition) is 5. The standard InChI is InChI=1S/C17H32N2O6/c20-12-5-1-3-9-15(22)18-11-7-8-14(17(24)25)19-16(23)10-4-2-6-13-21/h14,20-21H,1-13H2,(H,18,22)(H,19,23)(H,24,25). The first-order valence-corrected chi connectivity index (χ1v) is 9.01. The summed E-state index contributed by atoms with van der Waals surface area (Å²) in [6.07, 6.45) is 5.54. The number of nitrogens with one attached hydrogen (secondary N) is 2. The molecular formula is C17H32N2O6. The molecule has 0 saturated carbocycles. The van der Waals surface area contributed by atoms with Gasteiger partial charge in [-0.25, -0.2) is 4.79 Å². The van der Waals surface area contributed by atoms with Gasteiger partial charge in [0.05, 0.1) is 0 Å². The van der Waals surface area contributed by atoms with E-state index in [1.807, 2.05) is 0 Å². The van der Waals surface area contributed by atoms with Crippen molar-refractivity contribution in [3.8, 4) is 0 Å². The molecule has 0 aliphatic carbocycles. The average Bonchev–Trinajstić information content (AvgIpc) is 2.58. The van der Waals surface area contributed by atoms with E-state index in [1.165, 1.54) is 0 Å². The van der Waals surface area contributed by atoms with Crippen molar-refractivity contribution in [2.75, 3.05) is 19.8 Å². The SMILES string of the molecule is O=C(CCCCCO)NCCCC(NC(=O)CCCCCO)C(=O)O. The van der Waals surface area contributed by atoms with Crippen LogP contribution < -0.4 is 10.6 Å². The predicted octanol–water partition coefficient (Wildman–Crippen LogP) is 0.558. The third kappa shape index (κ3) is 14.4. The van der Waals surface area contributed by atoms with Crippen LogP contribution in [0.1, 0.15) is 64.2 Å². The second-order valence-corrected chi connectivity index (χ2v) is 6.02. The fourth-order valence-corrected chi connectivity index (χ4v) is 2.29. The van der Waals surface area contributed by atoms with Crippen molar-refractivity contribution in [1.29, 1.82) is 0 Å². The molecule has 0 saturated heterocycles. The van der Waals surface area contributed by atoms with Crippen molar-refractivity contribution in [3.63, 3.8) is 0 Å². The monoisotopic (exact) mass is 360 g/mol. The Kier molecular flexibility index (Phi) is 14.8. The zero-order chi connectivity index (χ0) is 18.9. The Morgan fingerprint density at radius 3 is 1.84 bits per heavy atom. The lowest BCUT2D eigenvalue weighted by atomic mass is 10.1. The van der Waals surface area contributed by atoms with E-state index in [0.717, 1.165) is 19.3 Å². The number of carboxylic acids is 1. The zero-order valence-electron chi connectivity index (χ0n) is 14.8. The van der Waals surface area contributed by atoms with Crippen LogP contribution in [0.15, 0.2) is 0 Å². The summed E-state index contributed by atoms with van der Waals surface area (Å²) in [5.74, 6) is -1.48. The number of carbonyl (C=O) groups excluding carboxylic acids is 2. The topological polar surface area (TPSA) is 136 Å². The summed E-state index contributed by atoms with van der Waals surface area (Å²) in [7, 11) is 0. The number of aliphatic carboxylic acids is 1. The highest BCUT2D eigenvalue weighted by molar-refractivity contribution is 5.83. The summed E-state index contributed by atoms with van der Waals surface area (Å²) in [6.45, 7) is 0.590. The number of aliphatic hydroxyl groups excluding tert-OH is 2. The lowest BCUT2D eigenvalue weighted by Crippen LogP contribution is -2.41. The molecule has 0 radical (unpaired) electrons. The fourth-order valence-electron chi connectivity index (χ4n) is 2.29. The Morgan fingerprint density at radius 2 is 1.32 bits per heavy atom. The lowest BCUT2D eigenvalue weighted by molar-refractivity contribution is -0.142. The van der Waals surface area contributed by atoms with E-state index in [-0.39, 0.29) is 37.9 Å². The van der Waals surface area contributed by atoms with Crippen molar-refractivity contribution in [1.82, 2.24) is 10.6 Å². The van der Waals surface area contributed by atoms with Gasteiger partial charge in [-0.1, -0.05) is 12.8 Å². The minimum Gasteiger partial charge on any atom is -0.480 e. The third-order valence-electron chi connectivity index (χ3n) is 3.75. The number of aliphatic hydroxyl groups is 2. The molecule has 1 unspecified atom stereocenters. The van der Waals surface area contributed by atoms with Crippen LogP contribution in [-0.2, 0) is 14.4 Å². The van der Waals surface area contributed by atoms with E-state index in [9.17, 15) is 14.4 Å². The highest BCUT2D eigenvalue weighted by atomic mass is 16.4. The molecule has 8 heteroatoms. The number of carbonyl (C=O) groups is 3. The number of carboxylic acid groups (broad SMARTS) is 1. The van der Waals surface area contributed by atoms with Gasteiger partial charge >= 0.3 is 5.97 Å².